The third-order valence-corrected chi connectivity index (χ3v) is 3.25. The van der Waals surface area contributed by atoms with Crippen molar-refractivity contribution in [1.29, 1.82) is 0 Å². The normalized spacial score (nSPS) is 10.9. The van der Waals surface area contributed by atoms with Crippen molar-refractivity contribution >= 4 is 27.3 Å². The molecule has 0 aliphatic heterocycles. The molecule has 0 saturated heterocycles. The quantitative estimate of drug-likeness (QED) is 0.867. The maximum atomic E-state index is 4.41. The number of halogens is 1. The van der Waals surface area contributed by atoms with Crippen LogP contribution in [0.4, 0.5) is 0 Å². The average molecular weight is 288 g/mol. The number of aryl methyl sites for hydroxylation is 2. The second kappa shape index (κ2) is 4.36. The molecule has 5 nitrogen and oxygen atoms in total. The van der Waals surface area contributed by atoms with E-state index in [9.17, 15) is 0 Å². The lowest BCUT2D eigenvalue weighted by molar-refractivity contribution is 0.772. The highest BCUT2D eigenvalue weighted by molar-refractivity contribution is 9.11. The third kappa shape index (κ3) is 2.07. The standard InChI is InChI=1S/C8H10BrN5S/c1-3-5-10-6(4-2)14(13-5)8-12-11-7(9)15-8/h3-4H2,1-2H3. The van der Waals surface area contributed by atoms with Crippen LogP contribution in [-0.2, 0) is 12.8 Å². The van der Waals surface area contributed by atoms with Crippen LogP contribution in [0.5, 0.6) is 0 Å². The fourth-order valence-corrected chi connectivity index (χ4v) is 2.27. The summed E-state index contributed by atoms with van der Waals surface area (Å²) in [5, 5.41) is 13.1. The Hall–Kier alpha value is -0.820. The topological polar surface area (TPSA) is 56.5 Å². The molecule has 0 unspecified atom stereocenters. The molecule has 0 aliphatic carbocycles. The second-order valence-electron chi connectivity index (χ2n) is 2.90. The lowest BCUT2D eigenvalue weighted by atomic mass is 10.4. The summed E-state index contributed by atoms with van der Waals surface area (Å²) in [6, 6.07) is 0. The molecule has 0 spiro atoms. The van der Waals surface area contributed by atoms with Crippen molar-refractivity contribution in [3.05, 3.63) is 15.6 Å². The van der Waals surface area contributed by atoms with Gasteiger partial charge in [-0.1, -0.05) is 25.2 Å². The van der Waals surface area contributed by atoms with Crippen molar-refractivity contribution in [2.45, 2.75) is 26.7 Å². The molecule has 2 aromatic heterocycles. The first-order chi connectivity index (χ1) is 7.24. The smallest absolute Gasteiger partial charge is 0.216 e. The molecule has 15 heavy (non-hydrogen) atoms. The minimum atomic E-state index is 0.755. The van der Waals surface area contributed by atoms with Gasteiger partial charge in [-0.2, -0.15) is 4.68 Å². The molecular formula is C8H10BrN5S. The predicted octanol–water partition coefficient (Wildman–Crippen LogP) is 2.01. The van der Waals surface area contributed by atoms with Crippen LogP contribution in [-0.4, -0.2) is 25.0 Å². The van der Waals surface area contributed by atoms with E-state index in [-0.39, 0.29) is 0 Å². The van der Waals surface area contributed by atoms with Gasteiger partial charge in [0.25, 0.3) is 0 Å². The van der Waals surface area contributed by atoms with Crippen molar-refractivity contribution in [3.8, 4) is 5.13 Å². The monoisotopic (exact) mass is 287 g/mol. The first-order valence-electron chi connectivity index (χ1n) is 4.68. The number of rotatable bonds is 3. The van der Waals surface area contributed by atoms with Gasteiger partial charge < -0.3 is 0 Å². The van der Waals surface area contributed by atoms with Gasteiger partial charge in [-0.3, -0.25) is 0 Å². The number of hydrogen-bond donors (Lipinski definition) is 0. The first kappa shape index (κ1) is 10.7. The van der Waals surface area contributed by atoms with Crippen LogP contribution in [0, 0.1) is 0 Å². The van der Waals surface area contributed by atoms with Gasteiger partial charge in [0.1, 0.15) is 5.82 Å². The van der Waals surface area contributed by atoms with Gasteiger partial charge in [0.05, 0.1) is 0 Å². The molecule has 0 aromatic carbocycles. The SMILES string of the molecule is CCc1nc(CC)n(-c2nnc(Br)s2)n1. The molecule has 0 bridgehead atoms. The lowest BCUT2D eigenvalue weighted by Gasteiger charge is -1.96. The Morgan fingerprint density at radius 3 is 2.60 bits per heavy atom. The van der Waals surface area contributed by atoms with E-state index in [2.05, 4.69) is 43.1 Å². The van der Waals surface area contributed by atoms with E-state index >= 15 is 0 Å². The van der Waals surface area contributed by atoms with Crippen LogP contribution < -0.4 is 0 Å². The van der Waals surface area contributed by atoms with E-state index in [4.69, 9.17) is 0 Å². The molecule has 7 heteroatoms. The molecule has 0 radical (unpaired) electrons. The molecule has 0 atom stereocenters. The van der Waals surface area contributed by atoms with Crippen molar-refractivity contribution in [1.82, 2.24) is 25.0 Å². The number of hydrogen-bond acceptors (Lipinski definition) is 5. The third-order valence-electron chi connectivity index (χ3n) is 1.92. The molecule has 2 aromatic rings. The highest BCUT2D eigenvalue weighted by atomic mass is 79.9. The maximum Gasteiger partial charge on any atom is 0.235 e. The summed E-state index contributed by atoms with van der Waals surface area (Å²) < 4.78 is 2.52. The minimum absolute atomic E-state index is 0.755. The van der Waals surface area contributed by atoms with Gasteiger partial charge in [0.15, 0.2) is 9.74 Å². The van der Waals surface area contributed by atoms with E-state index in [1.807, 2.05) is 6.92 Å². The Morgan fingerprint density at radius 2 is 2.07 bits per heavy atom. The Morgan fingerprint density at radius 1 is 1.27 bits per heavy atom. The molecule has 0 saturated carbocycles. The van der Waals surface area contributed by atoms with Crippen LogP contribution in [0.25, 0.3) is 5.13 Å². The van der Waals surface area contributed by atoms with Crippen LogP contribution >= 0.6 is 27.3 Å². The van der Waals surface area contributed by atoms with E-state index in [1.54, 1.807) is 4.68 Å². The fraction of sp³-hybridized carbons (Fsp3) is 0.500. The molecule has 2 rings (SSSR count). The summed E-state index contributed by atoms with van der Waals surface area (Å²) in [7, 11) is 0. The van der Waals surface area contributed by atoms with E-state index in [1.165, 1.54) is 11.3 Å². The van der Waals surface area contributed by atoms with E-state index < -0.39 is 0 Å². The van der Waals surface area contributed by atoms with Crippen molar-refractivity contribution in [2.75, 3.05) is 0 Å². The zero-order chi connectivity index (χ0) is 10.8. The van der Waals surface area contributed by atoms with Crippen LogP contribution in [0.15, 0.2) is 3.92 Å². The summed E-state index contributed by atoms with van der Waals surface area (Å²) in [4.78, 5) is 4.41. The molecular weight excluding hydrogens is 278 g/mol. The van der Waals surface area contributed by atoms with Gasteiger partial charge in [-0.15, -0.1) is 15.3 Å². The summed E-state index contributed by atoms with van der Waals surface area (Å²) >= 11 is 4.73. The van der Waals surface area contributed by atoms with E-state index in [0.29, 0.717) is 0 Å². The second-order valence-corrected chi connectivity index (χ2v) is 5.13. The van der Waals surface area contributed by atoms with Crippen LogP contribution in [0.3, 0.4) is 0 Å². The van der Waals surface area contributed by atoms with Crippen LogP contribution in [0.1, 0.15) is 25.5 Å². The molecule has 0 N–H and O–H groups in total. The van der Waals surface area contributed by atoms with Gasteiger partial charge in [-0.05, 0) is 15.9 Å². The molecule has 0 amide bonds. The molecule has 80 valence electrons. The lowest BCUT2D eigenvalue weighted by Crippen LogP contribution is -2.01. The minimum Gasteiger partial charge on any atom is -0.216 e. The first-order valence-corrected chi connectivity index (χ1v) is 6.29. The average Bonchev–Trinajstić information content (AvgIpc) is 2.82. The summed E-state index contributed by atoms with van der Waals surface area (Å²) in [6.07, 6.45) is 1.67. The van der Waals surface area contributed by atoms with Crippen LogP contribution in [0.2, 0.25) is 0 Å². The van der Waals surface area contributed by atoms with Crippen molar-refractivity contribution in [3.63, 3.8) is 0 Å². The van der Waals surface area contributed by atoms with Gasteiger partial charge >= 0.3 is 0 Å². The van der Waals surface area contributed by atoms with Crippen molar-refractivity contribution in [2.24, 2.45) is 0 Å². The zero-order valence-electron chi connectivity index (χ0n) is 8.44. The Bertz CT molecular complexity index is 463. The highest BCUT2D eigenvalue weighted by Crippen LogP contribution is 2.20. The van der Waals surface area contributed by atoms with Gasteiger partial charge in [0.2, 0.25) is 5.13 Å². The summed E-state index contributed by atoms with van der Waals surface area (Å²) in [5.74, 6) is 1.77. The Labute approximate surface area is 99.7 Å². The predicted molar refractivity (Wildman–Crippen MR) is 61.3 cm³/mol. The Balaban J connectivity index is 2.46. The largest absolute Gasteiger partial charge is 0.235 e. The summed E-state index contributed by atoms with van der Waals surface area (Å²) in [6.45, 7) is 4.09. The fourth-order valence-electron chi connectivity index (χ4n) is 1.21. The van der Waals surface area contributed by atoms with E-state index in [0.717, 1.165) is 33.5 Å². The molecule has 0 fully saturated rings. The number of nitrogens with zero attached hydrogens (tertiary/aromatic N) is 5. The zero-order valence-corrected chi connectivity index (χ0v) is 10.8. The molecule has 2 heterocycles. The summed E-state index contributed by atoms with van der Waals surface area (Å²) in [5.41, 5.74) is 0. The highest BCUT2D eigenvalue weighted by Gasteiger charge is 2.12. The number of aromatic nitrogens is 5. The van der Waals surface area contributed by atoms with Crippen molar-refractivity contribution < 1.29 is 0 Å². The Kier molecular flexibility index (Phi) is 3.11. The maximum absolute atomic E-state index is 4.41. The van der Waals surface area contributed by atoms with Gasteiger partial charge in [0, 0.05) is 12.8 Å². The van der Waals surface area contributed by atoms with Gasteiger partial charge in [-0.25, -0.2) is 4.98 Å². The molecule has 0 aliphatic rings.